The summed E-state index contributed by atoms with van der Waals surface area (Å²) >= 11 is 0. The molecule has 6 heteroatoms. The average Bonchev–Trinajstić information content (AvgIpc) is 1.86. The molecule has 0 aromatic carbocycles. The third kappa shape index (κ3) is 10.9. The van der Waals surface area contributed by atoms with Gasteiger partial charge >= 0.3 is 11.9 Å². The van der Waals surface area contributed by atoms with E-state index in [-0.39, 0.29) is 0 Å². The average molecular weight is 192 g/mol. The van der Waals surface area contributed by atoms with E-state index in [0.29, 0.717) is 0 Å². The van der Waals surface area contributed by atoms with Crippen molar-refractivity contribution in [1.82, 2.24) is 0 Å². The van der Waals surface area contributed by atoms with Crippen molar-refractivity contribution in [3.63, 3.8) is 0 Å². The first-order chi connectivity index (χ1) is 5.59. The van der Waals surface area contributed by atoms with Crippen LogP contribution in [0.15, 0.2) is 0 Å². The summed E-state index contributed by atoms with van der Waals surface area (Å²) in [6, 6.07) is -0.731. The lowest BCUT2D eigenvalue weighted by Crippen LogP contribution is -2.41. The second kappa shape index (κ2) is 5.50. The highest BCUT2D eigenvalue weighted by molar-refractivity contribution is 5.77. The van der Waals surface area contributed by atoms with Crippen molar-refractivity contribution in [2.24, 2.45) is 11.5 Å². The van der Waals surface area contributed by atoms with Crippen LogP contribution in [-0.4, -0.2) is 33.7 Å². The Kier molecular flexibility index (Phi) is 6.08. The fourth-order valence-corrected chi connectivity index (χ4v) is 0. The van der Waals surface area contributed by atoms with Crippen LogP contribution in [0.25, 0.3) is 0 Å². The lowest BCUT2D eigenvalue weighted by molar-refractivity contribution is -0.142. The fourth-order valence-electron chi connectivity index (χ4n) is 0. The molecule has 0 radical (unpaired) electrons. The van der Waals surface area contributed by atoms with Gasteiger partial charge in [0.1, 0.15) is 11.6 Å². The van der Waals surface area contributed by atoms with E-state index in [1.807, 2.05) is 0 Å². The third-order valence-corrected chi connectivity index (χ3v) is 0.941. The highest BCUT2D eigenvalue weighted by Crippen LogP contribution is 1.93. The molecule has 0 aromatic rings. The zero-order valence-electron chi connectivity index (χ0n) is 7.94. The van der Waals surface area contributed by atoms with Crippen LogP contribution >= 0.6 is 0 Å². The van der Waals surface area contributed by atoms with Gasteiger partial charge in [0.15, 0.2) is 0 Å². The predicted octanol–water partition coefficient (Wildman–Crippen LogP) is -0.773. The van der Waals surface area contributed by atoms with Crippen LogP contribution in [0.3, 0.4) is 0 Å². The summed E-state index contributed by atoms with van der Waals surface area (Å²) in [7, 11) is 0. The summed E-state index contributed by atoms with van der Waals surface area (Å²) in [4.78, 5) is 19.5. The number of nitrogens with two attached hydrogens (primary N) is 2. The van der Waals surface area contributed by atoms with Crippen LogP contribution < -0.4 is 11.5 Å². The molecule has 6 nitrogen and oxygen atoms in total. The lowest BCUT2D eigenvalue weighted by Gasteiger charge is -2.09. The Bertz CT molecular complexity index is 183. The highest BCUT2D eigenvalue weighted by atomic mass is 16.4. The van der Waals surface area contributed by atoms with Gasteiger partial charge in [-0.1, -0.05) is 0 Å². The van der Waals surface area contributed by atoms with E-state index in [4.69, 9.17) is 21.7 Å². The Morgan fingerprint density at radius 3 is 1.46 bits per heavy atom. The zero-order valence-corrected chi connectivity index (χ0v) is 7.94. The maximum atomic E-state index is 9.90. The van der Waals surface area contributed by atoms with Crippen molar-refractivity contribution in [3.8, 4) is 0 Å². The van der Waals surface area contributed by atoms with Crippen LogP contribution in [-0.2, 0) is 9.59 Å². The molecule has 0 rings (SSSR count). The molecule has 0 spiro atoms. The molecule has 0 aliphatic rings. The third-order valence-electron chi connectivity index (χ3n) is 0.941. The molecule has 0 heterocycles. The zero-order chi connectivity index (χ0) is 11.2. The lowest BCUT2D eigenvalue weighted by atomic mass is 10.1. The van der Waals surface area contributed by atoms with Gasteiger partial charge in [-0.2, -0.15) is 0 Å². The monoisotopic (exact) mass is 192 g/mol. The van der Waals surface area contributed by atoms with Crippen molar-refractivity contribution >= 4 is 11.9 Å². The van der Waals surface area contributed by atoms with E-state index in [9.17, 15) is 9.59 Å². The summed E-state index contributed by atoms with van der Waals surface area (Å²) in [5.41, 5.74) is 8.83. The Morgan fingerprint density at radius 2 is 1.46 bits per heavy atom. The highest BCUT2D eigenvalue weighted by Gasteiger charge is 2.19. The molecule has 0 fully saturated rings. The smallest absolute Gasteiger partial charge is 0.323 e. The molecule has 0 bridgehead atoms. The van der Waals surface area contributed by atoms with Gasteiger partial charge in [0.2, 0.25) is 0 Å². The number of carboxylic acid groups (broad SMARTS) is 2. The van der Waals surface area contributed by atoms with Gasteiger partial charge in [-0.15, -0.1) is 0 Å². The van der Waals surface area contributed by atoms with E-state index < -0.39 is 23.5 Å². The van der Waals surface area contributed by atoms with Crippen molar-refractivity contribution in [3.05, 3.63) is 0 Å². The maximum absolute atomic E-state index is 9.90. The number of hydrogen-bond donors (Lipinski definition) is 4. The van der Waals surface area contributed by atoms with Crippen LogP contribution in [0.1, 0.15) is 20.8 Å². The first-order valence-corrected chi connectivity index (χ1v) is 3.59. The summed E-state index contributed by atoms with van der Waals surface area (Å²) in [6.45, 7) is 4.30. The topological polar surface area (TPSA) is 127 Å². The summed E-state index contributed by atoms with van der Waals surface area (Å²) in [5, 5.41) is 16.0. The molecule has 0 saturated heterocycles. The van der Waals surface area contributed by atoms with E-state index in [1.165, 1.54) is 20.8 Å². The number of hydrogen-bond acceptors (Lipinski definition) is 4. The Hall–Kier alpha value is -1.14. The van der Waals surface area contributed by atoms with Crippen molar-refractivity contribution in [1.29, 1.82) is 0 Å². The molecule has 0 amide bonds. The van der Waals surface area contributed by atoms with Crippen LogP contribution in [0, 0.1) is 0 Å². The van der Waals surface area contributed by atoms with Crippen molar-refractivity contribution < 1.29 is 19.8 Å². The SMILES string of the molecule is CC(C)(N)C(=O)O.CC(N)C(=O)O. The van der Waals surface area contributed by atoms with Gasteiger partial charge in [-0.25, -0.2) is 0 Å². The summed E-state index contributed by atoms with van der Waals surface area (Å²) in [6.07, 6.45) is 0. The predicted molar refractivity (Wildman–Crippen MR) is 47.2 cm³/mol. The summed E-state index contributed by atoms with van der Waals surface area (Å²) in [5.74, 6) is -1.94. The number of carbonyl (C=O) groups is 2. The first kappa shape index (κ1) is 14.4. The van der Waals surface area contributed by atoms with Gasteiger partial charge in [-0.3, -0.25) is 9.59 Å². The fraction of sp³-hybridized carbons (Fsp3) is 0.714. The molecule has 0 aliphatic heterocycles. The standard InChI is InChI=1S/C4H9NO2.C3H7NO2/c1-4(2,5)3(6)7;1-2(4)3(5)6/h5H2,1-2H3,(H,6,7);2H,4H2,1H3,(H,5,6). The Balaban J connectivity index is 0. The van der Waals surface area contributed by atoms with E-state index >= 15 is 0 Å². The maximum Gasteiger partial charge on any atom is 0.323 e. The molecule has 0 aliphatic carbocycles. The molecule has 6 N–H and O–H groups in total. The molecule has 1 unspecified atom stereocenters. The van der Waals surface area contributed by atoms with Crippen molar-refractivity contribution in [2.75, 3.05) is 0 Å². The van der Waals surface area contributed by atoms with Gasteiger partial charge in [0, 0.05) is 0 Å². The number of aliphatic carboxylic acids is 2. The van der Waals surface area contributed by atoms with Crippen LogP contribution in [0.2, 0.25) is 0 Å². The van der Waals surface area contributed by atoms with Crippen LogP contribution in [0.4, 0.5) is 0 Å². The minimum absolute atomic E-state index is 0.731. The van der Waals surface area contributed by atoms with Gasteiger partial charge in [-0.05, 0) is 20.8 Å². The summed E-state index contributed by atoms with van der Waals surface area (Å²) < 4.78 is 0. The first-order valence-electron chi connectivity index (χ1n) is 3.59. The van der Waals surface area contributed by atoms with E-state index in [0.717, 1.165) is 0 Å². The largest absolute Gasteiger partial charge is 0.480 e. The van der Waals surface area contributed by atoms with Crippen molar-refractivity contribution in [2.45, 2.75) is 32.4 Å². The molecular weight excluding hydrogens is 176 g/mol. The second-order valence-electron chi connectivity index (χ2n) is 3.15. The van der Waals surface area contributed by atoms with E-state index in [1.54, 1.807) is 0 Å². The number of carboxylic acids is 2. The second-order valence-corrected chi connectivity index (χ2v) is 3.15. The Labute approximate surface area is 76.5 Å². The Morgan fingerprint density at radius 1 is 1.31 bits per heavy atom. The molecule has 1 atom stereocenters. The van der Waals surface area contributed by atoms with Gasteiger partial charge < -0.3 is 21.7 Å². The quantitative estimate of drug-likeness (QED) is 0.455. The minimum Gasteiger partial charge on any atom is -0.480 e. The molecule has 0 saturated carbocycles. The number of rotatable bonds is 2. The molecule has 13 heavy (non-hydrogen) atoms. The van der Waals surface area contributed by atoms with Gasteiger partial charge in [0.05, 0.1) is 0 Å². The van der Waals surface area contributed by atoms with Gasteiger partial charge in [0.25, 0.3) is 0 Å². The van der Waals surface area contributed by atoms with E-state index in [2.05, 4.69) is 0 Å². The molecular formula is C7H16N2O4. The normalized spacial score (nSPS) is 12.4. The molecule has 0 aromatic heterocycles. The molecule has 78 valence electrons. The minimum atomic E-state index is -1.08. The van der Waals surface area contributed by atoms with Crippen LogP contribution in [0.5, 0.6) is 0 Å².